The summed E-state index contributed by atoms with van der Waals surface area (Å²) in [6.45, 7) is 0. The van der Waals surface area contributed by atoms with Crippen molar-refractivity contribution in [2.45, 2.75) is 0 Å². The topological polar surface area (TPSA) is 32.6 Å². The molecule has 0 aliphatic rings. The Labute approximate surface area is 371 Å². The maximum absolute atomic E-state index is 10.2. The van der Waals surface area contributed by atoms with Gasteiger partial charge in [0.2, 0.25) is 0 Å². The average Bonchev–Trinajstić information content (AvgIpc) is 4.11. The molecule has 0 N–H and O–H groups in total. The van der Waals surface area contributed by atoms with Crippen LogP contribution in [0, 0.1) is 0 Å². The summed E-state index contributed by atoms with van der Waals surface area (Å²) in [6.07, 6.45) is 0. The zero-order valence-electron chi connectivity index (χ0n) is 37.4. The minimum absolute atomic E-state index is 0.0373. The molecule has 0 unspecified atom stereocenters. The Morgan fingerprint density at radius 1 is 0.297 bits per heavy atom. The van der Waals surface area contributed by atoms with E-state index in [-0.39, 0.29) is 18.1 Å². The minimum atomic E-state index is -0.156. The number of rotatable bonds is 5. The summed E-state index contributed by atoms with van der Waals surface area (Å²) in [5.41, 5.74) is 10.1. The van der Waals surface area contributed by atoms with Crippen molar-refractivity contribution in [3.05, 3.63) is 224 Å². The van der Waals surface area contributed by atoms with Gasteiger partial charge in [0, 0.05) is 48.7 Å². The van der Waals surface area contributed by atoms with Crippen LogP contribution >= 0.6 is 0 Å². The third kappa shape index (κ3) is 4.86. The van der Waals surface area contributed by atoms with Crippen molar-refractivity contribution in [1.82, 2.24) is 23.3 Å². The van der Waals surface area contributed by atoms with Crippen molar-refractivity contribution in [3.8, 4) is 34.1 Å². The van der Waals surface area contributed by atoms with Crippen LogP contribution in [0.25, 0.3) is 121 Å². The maximum atomic E-state index is 10.2. The fourth-order valence-corrected chi connectivity index (χ4v) is 10.5. The fraction of sp³-hybridized carbons (Fsp3) is 0. The summed E-state index contributed by atoms with van der Waals surface area (Å²) in [6, 6.07) is 71.1. The van der Waals surface area contributed by atoms with Gasteiger partial charge in [0.05, 0.1) is 59.6 Å². The van der Waals surface area contributed by atoms with E-state index in [4.69, 9.17) is 4.98 Å². The molecule has 298 valence electrons. The third-order valence-electron chi connectivity index (χ3n) is 13.1. The third-order valence-corrected chi connectivity index (χ3v) is 13.1. The average molecular weight is 819 g/mol. The number of hydrogen-bond donors (Lipinski definition) is 0. The van der Waals surface area contributed by atoms with Crippen LogP contribution in [0.2, 0.25) is 0 Å². The zero-order valence-corrected chi connectivity index (χ0v) is 34.4. The molecule has 14 aromatic rings. The summed E-state index contributed by atoms with van der Waals surface area (Å²) < 4.78 is 38.9. The van der Waals surface area contributed by atoms with Gasteiger partial charge in [-0.05, 0) is 78.3 Å². The largest absolute Gasteiger partial charge is 0.309 e. The van der Waals surface area contributed by atoms with Crippen LogP contribution in [0.5, 0.6) is 0 Å². The molecular formula is C59H37N5. The molecule has 5 nitrogen and oxygen atoms in total. The molecular weight excluding hydrogens is 779 g/mol. The second-order valence-electron chi connectivity index (χ2n) is 16.5. The summed E-state index contributed by atoms with van der Waals surface area (Å²) in [5.74, 6) is 1.36. The highest BCUT2D eigenvalue weighted by Crippen LogP contribution is 2.44. The van der Waals surface area contributed by atoms with Gasteiger partial charge in [0.1, 0.15) is 11.6 Å². The van der Waals surface area contributed by atoms with Gasteiger partial charge in [-0.15, -0.1) is 0 Å². The fourth-order valence-electron chi connectivity index (χ4n) is 10.5. The Hall–Kier alpha value is -8.67. The van der Waals surface area contributed by atoms with E-state index < -0.39 is 0 Å². The minimum Gasteiger partial charge on any atom is -0.309 e. The smallest absolute Gasteiger partial charge is 0.140 e. The van der Waals surface area contributed by atoms with Crippen LogP contribution in [0.1, 0.15) is 4.11 Å². The highest BCUT2D eigenvalue weighted by atomic mass is 15.1. The first kappa shape index (κ1) is 32.1. The number of nitrogens with zero attached hydrogens (tertiary/aromatic N) is 5. The van der Waals surface area contributed by atoms with Crippen LogP contribution in [0.15, 0.2) is 224 Å². The monoisotopic (exact) mass is 818 g/mol. The molecule has 0 atom stereocenters. The highest BCUT2D eigenvalue weighted by molar-refractivity contribution is 6.13. The van der Waals surface area contributed by atoms with E-state index in [0.717, 1.165) is 92.8 Å². The molecule has 0 fully saturated rings. The Morgan fingerprint density at radius 2 is 0.531 bits per heavy atom. The molecule has 0 radical (unpaired) electrons. The van der Waals surface area contributed by atoms with Gasteiger partial charge >= 0.3 is 0 Å². The highest BCUT2D eigenvalue weighted by Gasteiger charge is 2.25. The molecule has 0 saturated carbocycles. The number of benzene rings is 9. The summed E-state index contributed by atoms with van der Waals surface area (Å²) in [4.78, 5) is 5.67. The SMILES string of the molecule is [2H]c1c([2H])c(-n2c3ccccc3c3ccccc32)c(-c2cc(-n3c4ccccc4c4ccccc43)nc(-n3c4ccccc4c4ccccc43)c2)c(-n2c3ccccc3c3ccccc32)c1[2H]. The molecule has 0 bridgehead atoms. The number of pyridine rings is 1. The molecule has 64 heavy (non-hydrogen) atoms. The number of aromatic nitrogens is 5. The van der Waals surface area contributed by atoms with Crippen LogP contribution in [-0.2, 0) is 0 Å². The van der Waals surface area contributed by atoms with E-state index >= 15 is 0 Å². The molecule has 0 aliphatic carbocycles. The normalized spacial score (nSPS) is 12.7. The standard InChI is InChI=1S/C59H37N5/c1-9-26-47-39(18-1)40-19-2-10-27-48(40)61(47)55-34-17-35-56(62-49-28-11-3-20-41(49)42-21-4-12-29-50(42)62)59(55)38-36-57(63-51-30-13-5-22-43(51)44-23-6-14-31-52(44)63)60-58(37-38)64-53-32-15-7-24-45(53)46-25-8-16-33-54(46)64/h1-37H/i17D,34D,35D. The van der Waals surface area contributed by atoms with Crippen LogP contribution < -0.4 is 0 Å². The Balaban J connectivity index is 1.23. The van der Waals surface area contributed by atoms with Gasteiger partial charge in [0.15, 0.2) is 0 Å². The molecule has 14 rings (SSSR count). The van der Waals surface area contributed by atoms with Crippen LogP contribution in [0.3, 0.4) is 0 Å². The second kappa shape index (κ2) is 13.4. The van der Waals surface area contributed by atoms with Gasteiger partial charge in [0.25, 0.3) is 0 Å². The van der Waals surface area contributed by atoms with Gasteiger partial charge in [-0.1, -0.05) is 152 Å². The van der Waals surface area contributed by atoms with E-state index in [2.05, 4.69) is 176 Å². The lowest BCUT2D eigenvalue weighted by atomic mass is 10.0. The lowest BCUT2D eigenvalue weighted by Gasteiger charge is -2.21. The molecule has 0 spiro atoms. The molecule has 5 aromatic heterocycles. The van der Waals surface area contributed by atoms with Crippen molar-refractivity contribution in [2.24, 2.45) is 0 Å². The van der Waals surface area contributed by atoms with E-state index in [1.807, 2.05) is 48.5 Å². The lowest BCUT2D eigenvalue weighted by Crippen LogP contribution is -2.07. The summed E-state index contributed by atoms with van der Waals surface area (Å²) in [7, 11) is 0. The van der Waals surface area contributed by atoms with E-state index in [9.17, 15) is 4.11 Å². The second-order valence-corrected chi connectivity index (χ2v) is 16.5. The number of hydrogen-bond acceptors (Lipinski definition) is 1. The lowest BCUT2D eigenvalue weighted by molar-refractivity contribution is 1.01. The Morgan fingerprint density at radius 3 is 0.797 bits per heavy atom. The van der Waals surface area contributed by atoms with Crippen LogP contribution in [0.4, 0.5) is 0 Å². The van der Waals surface area contributed by atoms with E-state index in [1.165, 1.54) is 0 Å². The molecule has 0 saturated heterocycles. The Kier molecular flexibility index (Phi) is 6.73. The molecule has 5 heterocycles. The Bertz CT molecular complexity index is 3910. The van der Waals surface area contributed by atoms with Crippen molar-refractivity contribution >= 4 is 87.2 Å². The zero-order chi connectivity index (χ0) is 44.5. The van der Waals surface area contributed by atoms with Crippen molar-refractivity contribution in [2.75, 3.05) is 0 Å². The first-order valence-electron chi connectivity index (χ1n) is 23.2. The molecule has 0 amide bonds. The predicted molar refractivity (Wildman–Crippen MR) is 267 cm³/mol. The van der Waals surface area contributed by atoms with Crippen molar-refractivity contribution < 1.29 is 4.11 Å². The van der Waals surface area contributed by atoms with E-state index in [1.54, 1.807) is 0 Å². The van der Waals surface area contributed by atoms with Gasteiger partial charge < -0.3 is 9.13 Å². The van der Waals surface area contributed by atoms with Crippen molar-refractivity contribution in [1.29, 1.82) is 0 Å². The van der Waals surface area contributed by atoms with Gasteiger partial charge in [-0.2, -0.15) is 0 Å². The maximum Gasteiger partial charge on any atom is 0.140 e. The first-order chi connectivity index (χ1) is 33.0. The predicted octanol–water partition coefficient (Wildman–Crippen LogP) is 15.1. The molecule has 0 aliphatic heterocycles. The number of fused-ring (bicyclic) bond motifs is 12. The van der Waals surface area contributed by atoms with Gasteiger partial charge in [-0.25, -0.2) is 4.98 Å². The van der Waals surface area contributed by atoms with Gasteiger partial charge in [-0.3, -0.25) is 9.13 Å². The van der Waals surface area contributed by atoms with Crippen molar-refractivity contribution in [3.63, 3.8) is 0 Å². The summed E-state index contributed by atoms with van der Waals surface area (Å²) in [5, 5.41) is 8.60. The quantitative estimate of drug-likeness (QED) is 0.170. The molecule has 9 aromatic carbocycles. The number of para-hydroxylation sites is 8. The van der Waals surface area contributed by atoms with E-state index in [0.29, 0.717) is 28.6 Å². The molecule has 5 heteroatoms. The summed E-state index contributed by atoms with van der Waals surface area (Å²) >= 11 is 0. The first-order valence-corrected chi connectivity index (χ1v) is 21.7. The van der Waals surface area contributed by atoms with Crippen LogP contribution in [-0.4, -0.2) is 23.3 Å².